The summed E-state index contributed by atoms with van der Waals surface area (Å²) in [5.74, 6) is -1.58. The van der Waals surface area contributed by atoms with Gasteiger partial charge in [-0.15, -0.1) is 0 Å². The first-order valence-electron chi connectivity index (χ1n) is 6.25. The maximum absolute atomic E-state index is 12.2. The first-order valence-corrected chi connectivity index (χ1v) is 7.73. The fraction of sp³-hybridized carbons (Fsp3) is 0.0667. The molecule has 0 aromatic heterocycles. The van der Waals surface area contributed by atoms with E-state index in [9.17, 15) is 23.1 Å². The minimum absolute atomic E-state index is 0.129. The second kappa shape index (κ2) is 5.98. The Hall–Kier alpha value is -2.67. The molecule has 0 aliphatic carbocycles. The Morgan fingerprint density at radius 1 is 1.00 bits per heavy atom. The summed E-state index contributed by atoms with van der Waals surface area (Å²) in [6.07, 6.45) is 0. The van der Waals surface area contributed by atoms with E-state index >= 15 is 0 Å². The van der Waals surface area contributed by atoms with Crippen molar-refractivity contribution in [2.75, 3.05) is 4.72 Å². The molecular weight excluding hydrogens is 306 g/mol. The van der Waals surface area contributed by atoms with E-state index in [0.717, 1.165) is 6.07 Å². The van der Waals surface area contributed by atoms with Gasteiger partial charge in [0.05, 0.1) is 10.9 Å². The van der Waals surface area contributed by atoms with Crippen LogP contribution in [0.1, 0.15) is 27.6 Å². The summed E-state index contributed by atoms with van der Waals surface area (Å²) in [6, 6.07) is 10.8. The molecule has 7 heteroatoms. The van der Waals surface area contributed by atoms with Crippen LogP contribution in [0.25, 0.3) is 0 Å². The van der Waals surface area contributed by atoms with Crippen LogP contribution >= 0.6 is 0 Å². The van der Waals surface area contributed by atoms with Crippen LogP contribution in [0, 0.1) is 0 Å². The van der Waals surface area contributed by atoms with Crippen molar-refractivity contribution in [3.8, 4) is 0 Å². The van der Waals surface area contributed by atoms with Crippen molar-refractivity contribution in [2.45, 2.75) is 11.8 Å². The third kappa shape index (κ3) is 3.50. The maximum Gasteiger partial charge on any atom is 0.261 e. The van der Waals surface area contributed by atoms with E-state index in [2.05, 4.69) is 4.72 Å². The van der Waals surface area contributed by atoms with Crippen molar-refractivity contribution in [2.24, 2.45) is 0 Å². The van der Waals surface area contributed by atoms with Gasteiger partial charge in [-0.25, -0.2) is 8.42 Å². The Morgan fingerprint density at radius 2 is 1.64 bits per heavy atom. The van der Waals surface area contributed by atoms with E-state index in [1.807, 2.05) is 0 Å². The summed E-state index contributed by atoms with van der Waals surface area (Å²) in [5, 5.41) is 10.8. The minimum atomic E-state index is -3.93. The second-order valence-corrected chi connectivity index (χ2v) is 6.24. The van der Waals surface area contributed by atoms with Crippen molar-refractivity contribution in [3.05, 3.63) is 59.7 Å². The maximum atomic E-state index is 12.2. The standard InChI is InChI=1S/C15H13NO5S/c1-10(17)11-5-7-13(8-6-11)16-22(20,21)14-4-2-3-12(9-14)15(18)19/h2-9,16H,1H3,(H,18,19)/p-1. The predicted octanol–water partition coefficient (Wildman–Crippen LogP) is 1.05. The van der Waals surface area contributed by atoms with Gasteiger partial charge in [0.25, 0.3) is 10.0 Å². The number of hydrogen-bond acceptors (Lipinski definition) is 5. The number of aromatic carboxylic acids is 1. The van der Waals surface area contributed by atoms with Gasteiger partial charge in [-0.05, 0) is 48.9 Å². The van der Waals surface area contributed by atoms with E-state index in [1.54, 1.807) is 0 Å². The van der Waals surface area contributed by atoms with Crippen LogP contribution in [0.2, 0.25) is 0 Å². The smallest absolute Gasteiger partial charge is 0.261 e. The number of carbonyl (C=O) groups excluding carboxylic acids is 2. The van der Waals surface area contributed by atoms with Crippen molar-refractivity contribution >= 4 is 27.5 Å². The van der Waals surface area contributed by atoms with Gasteiger partial charge in [-0.1, -0.05) is 12.1 Å². The molecule has 22 heavy (non-hydrogen) atoms. The molecular formula is C15H12NO5S-. The average molecular weight is 318 g/mol. The predicted molar refractivity (Wildman–Crippen MR) is 78.0 cm³/mol. The average Bonchev–Trinajstić information content (AvgIpc) is 2.47. The molecule has 0 saturated heterocycles. The Labute approximate surface area is 127 Å². The molecule has 0 fully saturated rings. The molecule has 0 atom stereocenters. The van der Waals surface area contributed by atoms with Crippen LogP contribution in [0.15, 0.2) is 53.4 Å². The molecule has 0 amide bonds. The monoisotopic (exact) mass is 318 g/mol. The SMILES string of the molecule is CC(=O)c1ccc(NS(=O)(=O)c2cccc(C(=O)[O-])c2)cc1. The van der Waals surface area contributed by atoms with Crippen LogP contribution in [0.5, 0.6) is 0 Å². The van der Waals surface area contributed by atoms with E-state index in [-0.39, 0.29) is 21.9 Å². The normalized spacial score (nSPS) is 11.0. The molecule has 114 valence electrons. The Balaban J connectivity index is 2.29. The summed E-state index contributed by atoms with van der Waals surface area (Å²) in [5.41, 5.74) is 0.501. The van der Waals surface area contributed by atoms with Gasteiger partial charge < -0.3 is 9.90 Å². The number of carboxylic acid groups (broad SMARTS) is 1. The number of carboxylic acids is 1. The highest BCUT2D eigenvalue weighted by Gasteiger charge is 2.15. The Kier molecular flexibility index (Phi) is 4.27. The zero-order valence-corrected chi connectivity index (χ0v) is 12.4. The van der Waals surface area contributed by atoms with Gasteiger partial charge in [0.15, 0.2) is 5.78 Å². The molecule has 6 nitrogen and oxygen atoms in total. The van der Waals surface area contributed by atoms with E-state index in [1.165, 1.54) is 49.4 Å². The van der Waals surface area contributed by atoms with Crippen molar-refractivity contribution in [3.63, 3.8) is 0 Å². The van der Waals surface area contributed by atoms with Gasteiger partial charge in [-0.3, -0.25) is 9.52 Å². The third-order valence-corrected chi connectivity index (χ3v) is 4.30. The molecule has 0 aliphatic heterocycles. The summed E-state index contributed by atoms with van der Waals surface area (Å²) in [6.45, 7) is 1.41. The molecule has 0 bridgehead atoms. The van der Waals surface area contributed by atoms with Crippen LogP contribution in [-0.4, -0.2) is 20.2 Å². The first kappa shape index (κ1) is 15.7. The van der Waals surface area contributed by atoms with Gasteiger partial charge in [0, 0.05) is 11.3 Å². The van der Waals surface area contributed by atoms with Crippen LogP contribution in [0.3, 0.4) is 0 Å². The molecule has 0 spiro atoms. The number of sulfonamides is 1. The quantitative estimate of drug-likeness (QED) is 0.830. The van der Waals surface area contributed by atoms with Gasteiger partial charge in [0.1, 0.15) is 0 Å². The highest BCUT2D eigenvalue weighted by molar-refractivity contribution is 7.92. The fourth-order valence-corrected chi connectivity index (χ4v) is 2.88. The largest absolute Gasteiger partial charge is 0.545 e. The highest BCUT2D eigenvalue weighted by Crippen LogP contribution is 2.17. The number of rotatable bonds is 5. The number of anilines is 1. The first-order chi connectivity index (χ1) is 10.3. The second-order valence-electron chi connectivity index (χ2n) is 4.55. The molecule has 1 N–H and O–H groups in total. The number of nitrogens with one attached hydrogen (secondary N) is 1. The Bertz CT molecular complexity index is 825. The van der Waals surface area contributed by atoms with Crippen LogP contribution in [-0.2, 0) is 10.0 Å². The lowest BCUT2D eigenvalue weighted by Gasteiger charge is -2.10. The fourth-order valence-electron chi connectivity index (χ4n) is 1.78. The lowest BCUT2D eigenvalue weighted by molar-refractivity contribution is -0.255. The lowest BCUT2D eigenvalue weighted by atomic mass is 10.1. The molecule has 2 aromatic carbocycles. The van der Waals surface area contributed by atoms with Gasteiger partial charge in [0.2, 0.25) is 0 Å². The van der Waals surface area contributed by atoms with Crippen molar-refractivity contribution < 1.29 is 23.1 Å². The topological polar surface area (TPSA) is 103 Å². The molecule has 2 aromatic rings. The van der Waals surface area contributed by atoms with Crippen LogP contribution < -0.4 is 9.83 Å². The zero-order valence-electron chi connectivity index (χ0n) is 11.6. The molecule has 0 radical (unpaired) electrons. The number of carbonyl (C=O) groups is 2. The van der Waals surface area contributed by atoms with E-state index < -0.39 is 16.0 Å². The Morgan fingerprint density at radius 3 is 2.18 bits per heavy atom. The molecule has 0 unspecified atom stereocenters. The molecule has 0 saturated carbocycles. The minimum Gasteiger partial charge on any atom is -0.545 e. The van der Waals surface area contributed by atoms with Gasteiger partial charge >= 0.3 is 0 Å². The van der Waals surface area contributed by atoms with Crippen molar-refractivity contribution in [1.29, 1.82) is 0 Å². The molecule has 0 heterocycles. The summed E-state index contributed by atoms with van der Waals surface area (Å²) in [4.78, 5) is 21.8. The summed E-state index contributed by atoms with van der Waals surface area (Å²) in [7, 11) is -3.93. The van der Waals surface area contributed by atoms with E-state index in [0.29, 0.717) is 5.56 Å². The zero-order chi connectivity index (χ0) is 16.3. The third-order valence-electron chi connectivity index (χ3n) is 2.92. The number of ketones is 1. The van der Waals surface area contributed by atoms with Gasteiger partial charge in [-0.2, -0.15) is 0 Å². The highest BCUT2D eigenvalue weighted by atomic mass is 32.2. The van der Waals surface area contributed by atoms with Crippen molar-refractivity contribution in [1.82, 2.24) is 0 Å². The number of benzene rings is 2. The number of Topliss-reactive ketones (excluding diaryl/α,β-unsaturated/α-hetero) is 1. The molecule has 0 aliphatic rings. The van der Waals surface area contributed by atoms with E-state index in [4.69, 9.17) is 0 Å². The number of hydrogen-bond donors (Lipinski definition) is 1. The van der Waals surface area contributed by atoms with Crippen LogP contribution in [0.4, 0.5) is 5.69 Å². The summed E-state index contributed by atoms with van der Waals surface area (Å²) >= 11 is 0. The molecule has 2 rings (SSSR count). The summed E-state index contributed by atoms with van der Waals surface area (Å²) < 4.78 is 26.7. The lowest BCUT2D eigenvalue weighted by Crippen LogP contribution is -2.23.